The number of aromatic carboxylic acids is 1. The summed E-state index contributed by atoms with van der Waals surface area (Å²) in [6, 6.07) is 10.8. The molecule has 1 heterocycles. The van der Waals surface area contributed by atoms with E-state index in [1.165, 1.54) is 0 Å². The number of nitrogens with zero attached hydrogens (tertiary/aromatic N) is 3. The summed E-state index contributed by atoms with van der Waals surface area (Å²) in [5.41, 5.74) is 2.86. The molecule has 1 aromatic heterocycles. The van der Waals surface area contributed by atoms with E-state index in [9.17, 15) is 9.90 Å². The number of carboxylic acids is 1. The van der Waals surface area contributed by atoms with Crippen LogP contribution in [0.5, 0.6) is 0 Å². The highest BCUT2D eigenvalue weighted by Gasteiger charge is 2.16. The first-order valence-corrected chi connectivity index (χ1v) is 7.95. The van der Waals surface area contributed by atoms with Crippen LogP contribution >= 0.6 is 0 Å². The van der Waals surface area contributed by atoms with Crippen LogP contribution in [0, 0.1) is 0 Å². The molecule has 3 aromatic rings. The molecule has 0 saturated carbocycles. The van der Waals surface area contributed by atoms with Gasteiger partial charge in [0.2, 0.25) is 0 Å². The van der Waals surface area contributed by atoms with Gasteiger partial charge in [-0.15, -0.1) is 0 Å². The molecule has 0 aliphatic carbocycles. The van der Waals surface area contributed by atoms with E-state index in [0.717, 1.165) is 5.52 Å². The van der Waals surface area contributed by atoms with Gasteiger partial charge in [-0.25, -0.2) is 14.8 Å². The van der Waals surface area contributed by atoms with Crippen molar-refractivity contribution in [1.29, 1.82) is 0 Å². The minimum atomic E-state index is -1.06. The number of carbonyl (C=O) groups is 1. The fourth-order valence-corrected chi connectivity index (χ4v) is 2.55. The van der Waals surface area contributed by atoms with Crippen molar-refractivity contribution in [3.8, 4) is 0 Å². The standard InChI is InChI=1S/C18H18N4O3/c23-10-9-19-7-8-20-11-12-5-6-15-17(16(12)18(24)25)22-14-4-2-1-3-13(14)21-15/h1-6,11,19,23H,7-10H2,(H,24,25). The molecule has 0 fully saturated rings. The Morgan fingerprint density at radius 2 is 1.84 bits per heavy atom. The average molecular weight is 338 g/mol. The molecule has 25 heavy (non-hydrogen) atoms. The highest BCUT2D eigenvalue weighted by atomic mass is 16.4. The van der Waals surface area contributed by atoms with Crippen LogP contribution in [0.25, 0.3) is 22.1 Å². The van der Waals surface area contributed by atoms with Crippen molar-refractivity contribution in [2.75, 3.05) is 26.2 Å². The first-order chi connectivity index (χ1) is 12.2. The Balaban J connectivity index is 1.98. The van der Waals surface area contributed by atoms with Crippen LogP contribution in [0.2, 0.25) is 0 Å². The van der Waals surface area contributed by atoms with Crippen LogP contribution in [0.1, 0.15) is 15.9 Å². The zero-order valence-electron chi connectivity index (χ0n) is 13.5. The zero-order valence-corrected chi connectivity index (χ0v) is 13.5. The third kappa shape index (κ3) is 3.78. The van der Waals surface area contributed by atoms with Crippen LogP contribution in [0.4, 0.5) is 0 Å². The predicted octanol–water partition coefficient (Wildman–Crippen LogP) is 1.48. The van der Waals surface area contributed by atoms with Crippen LogP contribution in [-0.2, 0) is 0 Å². The maximum absolute atomic E-state index is 11.8. The van der Waals surface area contributed by atoms with Gasteiger partial charge in [0, 0.05) is 24.9 Å². The lowest BCUT2D eigenvalue weighted by Crippen LogP contribution is -2.21. The van der Waals surface area contributed by atoms with Crippen molar-refractivity contribution in [2.45, 2.75) is 0 Å². The van der Waals surface area contributed by atoms with Gasteiger partial charge < -0.3 is 15.5 Å². The molecule has 0 aliphatic rings. The van der Waals surface area contributed by atoms with E-state index in [2.05, 4.69) is 20.3 Å². The van der Waals surface area contributed by atoms with E-state index < -0.39 is 5.97 Å². The number of benzene rings is 2. The monoisotopic (exact) mass is 338 g/mol. The van der Waals surface area contributed by atoms with E-state index in [0.29, 0.717) is 41.7 Å². The first kappa shape index (κ1) is 16.9. The number of nitrogens with one attached hydrogen (secondary N) is 1. The number of rotatable bonds is 7. The largest absolute Gasteiger partial charge is 0.478 e. The molecule has 3 N–H and O–H groups in total. The third-order valence-electron chi connectivity index (χ3n) is 3.69. The predicted molar refractivity (Wildman–Crippen MR) is 96.4 cm³/mol. The topological polar surface area (TPSA) is 108 Å². The Labute approximate surface area is 144 Å². The summed E-state index contributed by atoms with van der Waals surface area (Å²) in [4.78, 5) is 25.0. The van der Waals surface area contributed by atoms with Crippen LogP contribution in [0.3, 0.4) is 0 Å². The Morgan fingerprint density at radius 3 is 2.56 bits per heavy atom. The lowest BCUT2D eigenvalue weighted by molar-refractivity contribution is 0.0698. The SMILES string of the molecule is O=C(O)c1c(C=NCCNCCO)ccc2nc3ccccc3nc12. The molecule has 7 heteroatoms. The van der Waals surface area contributed by atoms with Gasteiger partial charge in [-0.05, 0) is 18.2 Å². The van der Waals surface area contributed by atoms with Crippen molar-refractivity contribution in [3.63, 3.8) is 0 Å². The molecule has 128 valence electrons. The van der Waals surface area contributed by atoms with Gasteiger partial charge >= 0.3 is 5.97 Å². The summed E-state index contributed by atoms with van der Waals surface area (Å²) in [7, 11) is 0. The molecule has 0 aliphatic heterocycles. The van der Waals surface area contributed by atoms with E-state index in [1.54, 1.807) is 24.4 Å². The summed E-state index contributed by atoms with van der Waals surface area (Å²) in [5, 5.41) is 21.3. The molecule has 2 aromatic carbocycles. The fourth-order valence-electron chi connectivity index (χ4n) is 2.55. The Morgan fingerprint density at radius 1 is 1.08 bits per heavy atom. The van der Waals surface area contributed by atoms with Gasteiger partial charge in [0.25, 0.3) is 0 Å². The number of para-hydroxylation sites is 2. The summed E-state index contributed by atoms with van der Waals surface area (Å²) in [6.45, 7) is 1.68. The second-order valence-corrected chi connectivity index (χ2v) is 5.42. The molecular formula is C18H18N4O3. The number of aliphatic hydroxyl groups is 1. The average Bonchev–Trinajstić information content (AvgIpc) is 2.62. The lowest BCUT2D eigenvalue weighted by atomic mass is 10.1. The van der Waals surface area contributed by atoms with E-state index in [1.807, 2.05) is 18.2 Å². The van der Waals surface area contributed by atoms with E-state index in [-0.39, 0.29) is 12.2 Å². The number of hydrogen-bond acceptors (Lipinski definition) is 6. The van der Waals surface area contributed by atoms with Gasteiger partial charge in [-0.1, -0.05) is 18.2 Å². The number of carboxylic acid groups (broad SMARTS) is 1. The molecule has 0 amide bonds. The van der Waals surface area contributed by atoms with Crippen molar-refractivity contribution < 1.29 is 15.0 Å². The molecule has 0 atom stereocenters. The number of aliphatic imine (C=N–C) groups is 1. The molecule has 0 spiro atoms. The Bertz CT molecular complexity index is 940. The second kappa shape index (κ2) is 7.78. The van der Waals surface area contributed by atoms with Gasteiger partial charge in [0.05, 0.1) is 35.3 Å². The molecular weight excluding hydrogens is 320 g/mol. The smallest absolute Gasteiger partial charge is 0.338 e. The van der Waals surface area contributed by atoms with Gasteiger partial charge in [-0.2, -0.15) is 0 Å². The Kier molecular flexibility index (Phi) is 5.27. The number of hydrogen-bond donors (Lipinski definition) is 3. The molecule has 0 bridgehead atoms. The summed E-state index contributed by atoms with van der Waals surface area (Å²) in [5.74, 6) is -1.06. The normalized spacial score (nSPS) is 11.6. The maximum Gasteiger partial charge on any atom is 0.338 e. The van der Waals surface area contributed by atoms with E-state index in [4.69, 9.17) is 5.11 Å². The van der Waals surface area contributed by atoms with E-state index >= 15 is 0 Å². The zero-order chi connectivity index (χ0) is 17.6. The quantitative estimate of drug-likeness (QED) is 0.342. The summed E-state index contributed by atoms with van der Waals surface area (Å²) >= 11 is 0. The molecule has 3 rings (SSSR count). The summed E-state index contributed by atoms with van der Waals surface area (Å²) < 4.78 is 0. The van der Waals surface area contributed by atoms with Gasteiger partial charge in [0.15, 0.2) is 0 Å². The maximum atomic E-state index is 11.8. The minimum absolute atomic E-state index is 0.0736. The Hall–Kier alpha value is -2.90. The van der Waals surface area contributed by atoms with Gasteiger partial charge in [0.1, 0.15) is 5.52 Å². The van der Waals surface area contributed by atoms with Crippen LogP contribution in [0.15, 0.2) is 41.4 Å². The number of aliphatic hydroxyl groups excluding tert-OH is 1. The molecule has 0 radical (unpaired) electrons. The third-order valence-corrected chi connectivity index (χ3v) is 3.69. The molecule has 7 nitrogen and oxygen atoms in total. The minimum Gasteiger partial charge on any atom is -0.478 e. The van der Waals surface area contributed by atoms with Crippen molar-refractivity contribution in [1.82, 2.24) is 15.3 Å². The lowest BCUT2D eigenvalue weighted by Gasteiger charge is -2.07. The van der Waals surface area contributed by atoms with Crippen molar-refractivity contribution in [3.05, 3.63) is 47.5 Å². The number of aromatic nitrogens is 2. The van der Waals surface area contributed by atoms with Crippen LogP contribution < -0.4 is 5.32 Å². The second-order valence-electron chi connectivity index (χ2n) is 5.42. The highest BCUT2D eigenvalue weighted by molar-refractivity contribution is 6.09. The highest BCUT2D eigenvalue weighted by Crippen LogP contribution is 2.22. The number of fused-ring (bicyclic) bond motifs is 2. The van der Waals surface area contributed by atoms with Crippen molar-refractivity contribution in [2.24, 2.45) is 4.99 Å². The van der Waals surface area contributed by atoms with Gasteiger partial charge in [-0.3, -0.25) is 4.99 Å². The molecule has 0 unspecified atom stereocenters. The first-order valence-electron chi connectivity index (χ1n) is 7.95. The summed E-state index contributed by atoms with van der Waals surface area (Å²) in [6.07, 6.45) is 1.54. The van der Waals surface area contributed by atoms with Crippen molar-refractivity contribution >= 4 is 34.3 Å². The fraction of sp³-hybridized carbons (Fsp3) is 0.222. The van der Waals surface area contributed by atoms with Crippen LogP contribution in [-0.4, -0.2) is 58.6 Å². The molecule has 0 saturated heterocycles.